The van der Waals surface area contributed by atoms with Crippen LogP contribution in [-0.4, -0.2) is 52.8 Å². The normalized spacial score (nSPS) is 12.0. The molecule has 0 bridgehead atoms. The van der Waals surface area contributed by atoms with Crippen molar-refractivity contribution in [3.8, 4) is 5.75 Å². The lowest BCUT2D eigenvalue weighted by atomic mass is 10.2. The molecule has 0 unspecified atom stereocenters. The first-order valence-corrected chi connectivity index (χ1v) is 9.11. The number of benzene rings is 1. The number of nitrogens with one attached hydrogen (secondary N) is 1. The van der Waals surface area contributed by atoms with Crippen LogP contribution in [0, 0.1) is 0 Å². The Labute approximate surface area is 175 Å². The molecule has 1 N–H and O–H groups in total. The summed E-state index contributed by atoms with van der Waals surface area (Å²) in [4.78, 5) is 4.12. The van der Waals surface area contributed by atoms with E-state index in [9.17, 15) is 13.2 Å². The minimum absolute atomic E-state index is 0.234. The Morgan fingerprint density at radius 3 is 2.66 bits per heavy atom. The van der Waals surface area contributed by atoms with Gasteiger partial charge >= 0.3 is 6.36 Å². The van der Waals surface area contributed by atoms with Gasteiger partial charge in [-0.3, -0.25) is 4.99 Å². The van der Waals surface area contributed by atoms with Gasteiger partial charge in [0, 0.05) is 39.4 Å². The van der Waals surface area contributed by atoms with Crippen LogP contribution >= 0.6 is 11.6 Å². The second kappa shape index (κ2) is 15.6. The number of hydrazine groups is 1. The molecule has 0 heterocycles. The van der Waals surface area contributed by atoms with Crippen LogP contribution < -0.4 is 15.2 Å². The molecule has 1 aromatic carbocycles. The minimum Gasteiger partial charge on any atom is -0.406 e. The summed E-state index contributed by atoms with van der Waals surface area (Å²) in [7, 11) is 5.01. The van der Waals surface area contributed by atoms with Crippen LogP contribution in [0.3, 0.4) is 0 Å². The van der Waals surface area contributed by atoms with E-state index in [4.69, 9.17) is 16.3 Å². The number of methoxy groups -OCH3 is 1. The molecule has 0 fully saturated rings. The maximum Gasteiger partial charge on any atom is 0.573 e. The molecule has 0 radical (unpaired) electrons. The second-order valence-corrected chi connectivity index (χ2v) is 5.69. The molecule has 0 aliphatic heterocycles. The molecule has 162 valence electrons. The molecule has 0 saturated carbocycles. The minimum atomic E-state index is -4.66. The first kappa shape index (κ1) is 26.7. The van der Waals surface area contributed by atoms with Crippen LogP contribution in [0.4, 0.5) is 18.9 Å². The van der Waals surface area contributed by atoms with E-state index < -0.39 is 6.36 Å². The summed E-state index contributed by atoms with van der Waals surface area (Å²) in [5.74, 6) is 0.307. The summed E-state index contributed by atoms with van der Waals surface area (Å²) < 4.78 is 44.4. The predicted molar refractivity (Wildman–Crippen MR) is 114 cm³/mol. The van der Waals surface area contributed by atoms with Crippen molar-refractivity contribution in [2.75, 3.05) is 45.2 Å². The molecule has 0 aliphatic carbocycles. The van der Waals surface area contributed by atoms with Crippen molar-refractivity contribution in [2.45, 2.75) is 6.36 Å². The van der Waals surface area contributed by atoms with Gasteiger partial charge in [0.2, 0.25) is 0 Å². The molecule has 0 aromatic heterocycles. The van der Waals surface area contributed by atoms with Gasteiger partial charge in [-0.2, -0.15) is 0 Å². The molecule has 5 nitrogen and oxygen atoms in total. The monoisotopic (exact) mass is 433 g/mol. The fourth-order valence-corrected chi connectivity index (χ4v) is 1.89. The van der Waals surface area contributed by atoms with Crippen molar-refractivity contribution < 1.29 is 22.6 Å². The highest BCUT2D eigenvalue weighted by molar-refractivity contribution is 6.18. The highest BCUT2D eigenvalue weighted by Crippen LogP contribution is 2.25. The third-order valence-electron chi connectivity index (χ3n) is 3.11. The predicted octanol–water partition coefficient (Wildman–Crippen LogP) is 4.77. The van der Waals surface area contributed by atoms with E-state index in [2.05, 4.69) is 21.7 Å². The number of anilines is 1. The van der Waals surface area contributed by atoms with Gasteiger partial charge in [0.25, 0.3) is 0 Å². The Morgan fingerprint density at radius 2 is 2.10 bits per heavy atom. The molecule has 1 rings (SSSR count). The number of halogens is 4. The summed E-state index contributed by atoms with van der Waals surface area (Å²) in [6, 6.07) is 5.70. The van der Waals surface area contributed by atoms with Gasteiger partial charge in [0.05, 0.1) is 18.8 Å². The van der Waals surface area contributed by atoms with E-state index in [0.717, 1.165) is 5.57 Å². The van der Waals surface area contributed by atoms with Gasteiger partial charge < -0.3 is 14.5 Å². The quantitative estimate of drug-likeness (QED) is 0.250. The zero-order valence-electron chi connectivity index (χ0n) is 16.7. The van der Waals surface area contributed by atoms with Crippen molar-refractivity contribution in [3.05, 3.63) is 60.7 Å². The second-order valence-electron chi connectivity index (χ2n) is 5.31. The average Bonchev–Trinajstić information content (AvgIpc) is 2.67. The van der Waals surface area contributed by atoms with E-state index in [0.29, 0.717) is 24.7 Å². The highest BCUT2D eigenvalue weighted by atomic mass is 35.5. The molecule has 0 spiro atoms. The van der Waals surface area contributed by atoms with Crippen molar-refractivity contribution in [2.24, 2.45) is 4.99 Å². The van der Waals surface area contributed by atoms with E-state index >= 15 is 0 Å². The van der Waals surface area contributed by atoms with Crippen LogP contribution in [-0.2, 0) is 4.74 Å². The smallest absolute Gasteiger partial charge is 0.406 e. The Bertz CT molecular complexity index is 659. The van der Waals surface area contributed by atoms with E-state index in [1.807, 2.05) is 18.2 Å². The molecule has 0 atom stereocenters. The number of ether oxygens (including phenoxy) is 2. The fourth-order valence-electron chi connectivity index (χ4n) is 1.80. The Morgan fingerprint density at radius 1 is 1.38 bits per heavy atom. The Kier molecular flexibility index (Phi) is 14.4. The highest BCUT2D eigenvalue weighted by Gasteiger charge is 2.31. The average molecular weight is 434 g/mol. The van der Waals surface area contributed by atoms with Gasteiger partial charge in [0.1, 0.15) is 5.75 Å². The lowest BCUT2D eigenvalue weighted by Crippen LogP contribution is -2.30. The van der Waals surface area contributed by atoms with Crippen molar-refractivity contribution in [1.82, 2.24) is 5.43 Å². The molecule has 1 aromatic rings. The van der Waals surface area contributed by atoms with Gasteiger partial charge in [-0.05, 0) is 17.7 Å². The van der Waals surface area contributed by atoms with Gasteiger partial charge in [0.15, 0.2) is 0 Å². The summed E-state index contributed by atoms with van der Waals surface area (Å²) in [5.41, 5.74) is 4.34. The SMILES string of the molecule is C=C/C=C(C=NCCCl)\C=C/COC.CNN(C)c1cccc(OC(F)(F)F)c1. The number of nitrogens with zero attached hydrogens (tertiary/aromatic N) is 2. The number of rotatable bonds is 10. The van der Waals surface area contributed by atoms with E-state index in [1.165, 1.54) is 18.2 Å². The van der Waals surface area contributed by atoms with Crippen LogP contribution in [0.2, 0.25) is 0 Å². The van der Waals surface area contributed by atoms with Crippen molar-refractivity contribution in [1.29, 1.82) is 0 Å². The molecular weight excluding hydrogens is 407 g/mol. The van der Waals surface area contributed by atoms with Gasteiger partial charge in [-0.25, -0.2) is 5.43 Å². The molecule has 29 heavy (non-hydrogen) atoms. The molecule has 0 saturated heterocycles. The zero-order chi connectivity index (χ0) is 22.1. The molecular formula is C20H27ClF3N3O2. The maximum absolute atomic E-state index is 11.9. The van der Waals surface area contributed by atoms with Gasteiger partial charge in [-0.1, -0.05) is 36.9 Å². The first-order valence-electron chi connectivity index (χ1n) is 8.58. The van der Waals surface area contributed by atoms with E-state index in [-0.39, 0.29) is 5.75 Å². The largest absolute Gasteiger partial charge is 0.573 e. The van der Waals surface area contributed by atoms with Crippen LogP contribution in [0.5, 0.6) is 5.75 Å². The molecule has 0 amide bonds. The third-order valence-corrected chi connectivity index (χ3v) is 3.28. The zero-order valence-corrected chi connectivity index (χ0v) is 17.5. The number of alkyl halides is 4. The number of aliphatic imine (C=N–C) groups is 1. The number of hydrogen-bond acceptors (Lipinski definition) is 5. The van der Waals surface area contributed by atoms with Crippen LogP contribution in [0.1, 0.15) is 0 Å². The summed E-state index contributed by atoms with van der Waals surface area (Å²) in [6.45, 7) is 4.86. The van der Waals surface area contributed by atoms with E-state index in [1.54, 1.807) is 44.6 Å². The van der Waals surface area contributed by atoms with Crippen molar-refractivity contribution in [3.63, 3.8) is 0 Å². The first-order chi connectivity index (χ1) is 13.8. The third kappa shape index (κ3) is 14.4. The number of allylic oxidation sites excluding steroid dienone is 4. The lowest BCUT2D eigenvalue weighted by Gasteiger charge is -2.18. The van der Waals surface area contributed by atoms with Crippen LogP contribution in [0.25, 0.3) is 0 Å². The van der Waals surface area contributed by atoms with Crippen molar-refractivity contribution >= 4 is 23.5 Å². The summed E-state index contributed by atoms with van der Waals surface area (Å²) in [5, 5.41) is 1.57. The Hall–Kier alpha value is -2.29. The maximum atomic E-state index is 11.9. The lowest BCUT2D eigenvalue weighted by molar-refractivity contribution is -0.274. The Balaban J connectivity index is 0.000000543. The summed E-state index contributed by atoms with van der Waals surface area (Å²) >= 11 is 5.50. The van der Waals surface area contributed by atoms with Crippen LogP contribution in [0.15, 0.2) is 65.7 Å². The topological polar surface area (TPSA) is 46.1 Å². The molecule has 0 aliphatic rings. The standard InChI is InChI=1S/C11H16ClNO.C9H11F3N2O/c1-3-5-11(6-4-9-14-2)10-13-8-7-12;1-13-14(2)7-4-3-5-8(6-7)15-9(10,11)12/h3-6,10H,1,7-9H2,2H3;3-6,13H,1-2H3/b6-4-,11-5+,13-10?;. The fraction of sp³-hybridized carbons (Fsp3) is 0.350. The summed E-state index contributed by atoms with van der Waals surface area (Å²) in [6.07, 6.45) is 4.57. The van der Waals surface area contributed by atoms with Gasteiger partial charge in [-0.15, -0.1) is 24.8 Å². The number of hydrogen-bond donors (Lipinski definition) is 1. The molecule has 9 heteroatoms.